The average molecular weight is 383 g/mol. The molecule has 144 valence electrons. The van der Waals surface area contributed by atoms with Gasteiger partial charge in [-0.1, -0.05) is 12.1 Å². The molecule has 9 nitrogen and oxygen atoms in total. The van der Waals surface area contributed by atoms with E-state index in [0.29, 0.717) is 5.75 Å². The van der Waals surface area contributed by atoms with Gasteiger partial charge < -0.3 is 15.2 Å². The quantitative estimate of drug-likeness (QED) is 0.427. The van der Waals surface area contributed by atoms with Crippen molar-refractivity contribution in [2.45, 2.75) is 6.92 Å². The molecule has 1 heterocycles. The average Bonchev–Trinajstić information content (AvgIpc) is 2.89. The van der Waals surface area contributed by atoms with E-state index in [1.807, 2.05) is 13.0 Å². The molecule has 0 bridgehead atoms. The molecule has 0 fully saturated rings. The fourth-order valence-electron chi connectivity index (χ4n) is 2.70. The lowest BCUT2D eigenvalue weighted by molar-refractivity contribution is -0.384. The van der Waals surface area contributed by atoms with E-state index in [4.69, 9.17) is 9.84 Å². The molecule has 3 rings (SSSR count). The van der Waals surface area contributed by atoms with E-state index in [0.717, 1.165) is 16.5 Å². The number of hydrogen-bond acceptors (Lipinski definition) is 7. The van der Waals surface area contributed by atoms with Crippen molar-refractivity contribution in [2.75, 3.05) is 18.5 Å². The SMILES string of the molecule is Cc1cccc(Oc2cc(NC3=CC(=O)N(CCO)C3=O)cc([N+](=O)[O-])c2)c1. The number of ether oxygens (including phenoxy) is 1. The highest BCUT2D eigenvalue weighted by molar-refractivity contribution is 6.17. The number of nitro benzene ring substituents is 1. The van der Waals surface area contributed by atoms with Gasteiger partial charge in [0.2, 0.25) is 0 Å². The van der Waals surface area contributed by atoms with Gasteiger partial charge in [-0.15, -0.1) is 0 Å². The maximum Gasteiger partial charge on any atom is 0.277 e. The number of amides is 2. The topological polar surface area (TPSA) is 122 Å². The van der Waals surface area contributed by atoms with Crippen LogP contribution in [0.25, 0.3) is 0 Å². The van der Waals surface area contributed by atoms with Gasteiger partial charge in [0, 0.05) is 23.9 Å². The first-order valence-corrected chi connectivity index (χ1v) is 8.37. The lowest BCUT2D eigenvalue weighted by Crippen LogP contribution is -2.34. The molecule has 0 unspecified atom stereocenters. The number of nitrogens with zero attached hydrogens (tertiary/aromatic N) is 2. The number of nitrogens with one attached hydrogen (secondary N) is 1. The normalized spacial score (nSPS) is 13.5. The number of rotatable bonds is 7. The minimum Gasteiger partial charge on any atom is -0.457 e. The Morgan fingerprint density at radius 3 is 2.64 bits per heavy atom. The van der Waals surface area contributed by atoms with Crippen LogP contribution in [0.5, 0.6) is 11.5 Å². The summed E-state index contributed by atoms with van der Waals surface area (Å²) >= 11 is 0. The van der Waals surface area contributed by atoms with E-state index < -0.39 is 16.7 Å². The van der Waals surface area contributed by atoms with E-state index >= 15 is 0 Å². The highest BCUT2D eigenvalue weighted by Gasteiger charge is 2.30. The van der Waals surface area contributed by atoms with Gasteiger partial charge in [0.15, 0.2) is 0 Å². The van der Waals surface area contributed by atoms with Crippen molar-refractivity contribution in [3.8, 4) is 11.5 Å². The van der Waals surface area contributed by atoms with E-state index in [1.165, 1.54) is 18.2 Å². The molecule has 0 radical (unpaired) electrons. The third-order valence-electron chi connectivity index (χ3n) is 3.94. The Morgan fingerprint density at radius 1 is 1.18 bits per heavy atom. The lowest BCUT2D eigenvalue weighted by Gasteiger charge is -2.14. The first-order valence-electron chi connectivity index (χ1n) is 8.37. The van der Waals surface area contributed by atoms with Crippen LogP contribution in [0, 0.1) is 17.0 Å². The van der Waals surface area contributed by atoms with Crippen molar-refractivity contribution >= 4 is 23.2 Å². The molecule has 28 heavy (non-hydrogen) atoms. The van der Waals surface area contributed by atoms with Crippen molar-refractivity contribution in [2.24, 2.45) is 0 Å². The molecule has 0 aliphatic carbocycles. The largest absolute Gasteiger partial charge is 0.457 e. The summed E-state index contributed by atoms with van der Waals surface area (Å²) in [5.74, 6) is -0.478. The second kappa shape index (κ2) is 7.89. The number of carbonyl (C=O) groups excluding carboxylic acids is 2. The van der Waals surface area contributed by atoms with Gasteiger partial charge in [0.05, 0.1) is 24.1 Å². The Kier molecular flexibility index (Phi) is 5.37. The van der Waals surface area contributed by atoms with Crippen LogP contribution in [-0.4, -0.2) is 39.9 Å². The van der Waals surface area contributed by atoms with Crippen molar-refractivity contribution in [3.05, 3.63) is 69.9 Å². The standard InChI is InChI=1S/C19H17N3O6/c1-12-3-2-4-15(7-12)28-16-9-13(8-14(10-16)22(26)27)20-17-11-18(24)21(5-6-23)19(17)25/h2-4,7-11,20,23H,5-6H2,1H3. The number of benzene rings is 2. The molecule has 0 atom stereocenters. The van der Waals surface area contributed by atoms with Crippen LogP contribution in [-0.2, 0) is 9.59 Å². The molecule has 2 aromatic carbocycles. The summed E-state index contributed by atoms with van der Waals surface area (Å²) in [6.45, 7) is 1.40. The number of nitro groups is 1. The molecule has 2 N–H and O–H groups in total. The van der Waals surface area contributed by atoms with Gasteiger partial charge in [0.25, 0.3) is 17.5 Å². The first-order chi connectivity index (χ1) is 13.4. The Morgan fingerprint density at radius 2 is 1.96 bits per heavy atom. The van der Waals surface area contributed by atoms with Crippen LogP contribution in [0.4, 0.5) is 11.4 Å². The molecule has 0 saturated carbocycles. The Bertz CT molecular complexity index is 985. The summed E-state index contributed by atoms with van der Waals surface area (Å²) in [6, 6.07) is 11.2. The van der Waals surface area contributed by atoms with Gasteiger partial charge in [-0.05, 0) is 24.6 Å². The van der Waals surface area contributed by atoms with Crippen LogP contribution in [0.15, 0.2) is 54.2 Å². The van der Waals surface area contributed by atoms with Crippen LogP contribution >= 0.6 is 0 Å². The molecule has 2 aromatic rings. The highest BCUT2D eigenvalue weighted by atomic mass is 16.6. The second-order valence-corrected chi connectivity index (χ2v) is 6.09. The first kappa shape index (κ1) is 19.1. The van der Waals surface area contributed by atoms with Crippen LogP contribution in [0.2, 0.25) is 0 Å². The molecule has 2 amide bonds. The van der Waals surface area contributed by atoms with Gasteiger partial charge in [-0.3, -0.25) is 24.6 Å². The van der Waals surface area contributed by atoms with Gasteiger partial charge >= 0.3 is 0 Å². The van der Waals surface area contributed by atoms with E-state index in [1.54, 1.807) is 18.2 Å². The zero-order valence-electron chi connectivity index (χ0n) is 14.9. The minimum absolute atomic E-state index is 0.0412. The number of hydrogen-bond donors (Lipinski definition) is 2. The van der Waals surface area contributed by atoms with Gasteiger partial charge in [-0.25, -0.2) is 0 Å². The van der Waals surface area contributed by atoms with E-state index in [-0.39, 0.29) is 36.0 Å². The fourth-order valence-corrected chi connectivity index (χ4v) is 2.70. The fraction of sp³-hybridized carbons (Fsp3) is 0.158. The van der Waals surface area contributed by atoms with Gasteiger partial charge in [0.1, 0.15) is 17.2 Å². The maximum atomic E-state index is 12.2. The number of aliphatic hydroxyl groups excluding tert-OH is 1. The summed E-state index contributed by atoms with van der Waals surface area (Å²) in [5, 5.41) is 22.9. The minimum atomic E-state index is -0.619. The van der Waals surface area contributed by atoms with Crippen LogP contribution in [0.1, 0.15) is 5.56 Å². The lowest BCUT2D eigenvalue weighted by atomic mass is 10.2. The smallest absolute Gasteiger partial charge is 0.277 e. The van der Waals surface area contributed by atoms with E-state index in [2.05, 4.69) is 5.32 Å². The van der Waals surface area contributed by atoms with Crippen molar-refractivity contribution in [1.29, 1.82) is 0 Å². The highest BCUT2D eigenvalue weighted by Crippen LogP contribution is 2.31. The predicted molar refractivity (Wildman–Crippen MR) is 99.9 cm³/mol. The summed E-state index contributed by atoms with van der Waals surface area (Å²) in [6.07, 6.45) is 1.08. The second-order valence-electron chi connectivity index (χ2n) is 6.09. The molecule has 1 aliphatic heterocycles. The number of β-amino-alcohol motifs (C(OH)–C–C–N with tert-alkyl or cyclic N) is 1. The van der Waals surface area contributed by atoms with Crippen molar-refractivity contribution < 1.29 is 24.4 Å². The summed E-state index contributed by atoms with van der Waals surface area (Å²) in [7, 11) is 0. The maximum absolute atomic E-state index is 12.2. The Hall–Kier alpha value is -3.72. The number of aryl methyl sites for hydroxylation is 1. The van der Waals surface area contributed by atoms with E-state index in [9.17, 15) is 19.7 Å². The molecule has 0 spiro atoms. The third-order valence-corrected chi connectivity index (χ3v) is 3.94. The number of anilines is 1. The Labute approximate surface area is 160 Å². The van der Waals surface area contributed by atoms with Crippen LogP contribution in [0.3, 0.4) is 0 Å². The summed E-state index contributed by atoms with van der Waals surface area (Å²) in [5.41, 5.74) is 0.901. The number of aliphatic hydroxyl groups is 1. The predicted octanol–water partition coefficient (Wildman–Crippen LogP) is 2.35. The zero-order chi connectivity index (χ0) is 20.3. The molecular weight excluding hydrogens is 366 g/mol. The summed E-state index contributed by atoms with van der Waals surface area (Å²) < 4.78 is 5.70. The monoisotopic (exact) mass is 383 g/mol. The third kappa shape index (κ3) is 4.15. The molecule has 0 saturated heterocycles. The molecule has 0 aromatic heterocycles. The number of imide groups is 1. The van der Waals surface area contributed by atoms with Crippen molar-refractivity contribution in [1.82, 2.24) is 4.90 Å². The molecule has 1 aliphatic rings. The van der Waals surface area contributed by atoms with Gasteiger partial charge in [-0.2, -0.15) is 0 Å². The molecule has 9 heteroatoms. The number of carbonyl (C=O) groups is 2. The summed E-state index contributed by atoms with van der Waals surface area (Å²) in [4.78, 5) is 35.6. The van der Waals surface area contributed by atoms with Crippen LogP contribution < -0.4 is 10.1 Å². The Balaban J connectivity index is 1.88. The zero-order valence-corrected chi connectivity index (χ0v) is 14.9. The molecular formula is C19H17N3O6. The number of non-ortho nitro benzene ring substituents is 1. The van der Waals surface area contributed by atoms with Crippen molar-refractivity contribution in [3.63, 3.8) is 0 Å².